The van der Waals surface area contributed by atoms with Gasteiger partial charge in [0.2, 0.25) is 0 Å². The van der Waals surface area contributed by atoms with Gasteiger partial charge in [0.05, 0.1) is 11.9 Å². The topological polar surface area (TPSA) is 17.8 Å². The summed E-state index contributed by atoms with van der Waals surface area (Å²) in [7, 11) is 0. The van der Waals surface area contributed by atoms with Crippen LogP contribution >= 0.6 is 0 Å². The van der Waals surface area contributed by atoms with Gasteiger partial charge >= 0.3 is 0 Å². The molecule has 0 aliphatic rings. The molecular formula is C8H13FN2. The standard InChI is InChI=1S/C8H13FN2/c1-3-5-8-7(9)6-10-11(8)4-2/h6H,3-5H2,1-2H3. The maximum absolute atomic E-state index is 12.9. The molecule has 0 amide bonds. The Hall–Kier alpha value is -0.860. The molecule has 1 rings (SSSR count). The number of halogens is 1. The number of rotatable bonds is 3. The smallest absolute Gasteiger partial charge is 0.164 e. The van der Waals surface area contributed by atoms with Gasteiger partial charge in [0.15, 0.2) is 5.82 Å². The molecule has 0 spiro atoms. The Morgan fingerprint density at radius 1 is 1.55 bits per heavy atom. The molecule has 2 nitrogen and oxygen atoms in total. The first-order valence-corrected chi connectivity index (χ1v) is 3.99. The van der Waals surface area contributed by atoms with E-state index in [1.54, 1.807) is 4.68 Å². The second-order valence-corrected chi connectivity index (χ2v) is 2.50. The molecule has 0 fully saturated rings. The minimum atomic E-state index is -0.172. The molecule has 0 aromatic carbocycles. The largest absolute Gasteiger partial charge is 0.267 e. The molecule has 0 atom stereocenters. The molecule has 0 saturated carbocycles. The summed E-state index contributed by atoms with van der Waals surface area (Å²) in [6.07, 6.45) is 3.02. The predicted octanol–water partition coefficient (Wildman–Crippen LogP) is 1.99. The lowest BCUT2D eigenvalue weighted by Crippen LogP contribution is -2.03. The number of aromatic nitrogens is 2. The minimum absolute atomic E-state index is 0.172. The van der Waals surface area contributed by atoms with Crippen LogP contribution in [0.2, 0.25) is 0 Å². The number of nitrogens with zero attached hydrogens (tertiary/aromatic N) is 2. The van der Waals surface area contributed by atoms with Crippen molar-refractivity contribution in [1.29, 1.82) is 0 Å². The summed E-state index contributed by atoms with van der Waals surface area (Å²) in [5.41, 5.74) is 0.731. The van der Waals surface area contributed by atoms with Crippen LogP contribution in [0.4, 0.5) is 4.39 Å². The maximum Gasteiger partial charge on any atom is 0.164 e. The summed E-state index contributed by atoms with van der Waals surface area (Å²) in [5.74, 6) is -0.172. The average molecular weight is 156 g/mol. The van der Waals surface area contributed by atoms with Crippen LogP contribution in [-0.2, 0) is 13.0 Å². The fourth-order valence-corrected chi connectivity index (χ4v) is 1.15. The van der Waals surface area contributed by atoms with Crippen LogP contribution in [0.25, 0.3) is 0 Å². The Labute approximate surface area is 66.0 Å². The molecule has 1 heterocycles. The van der Waals surface area contributed by atoms with Crippen LogP contribution in [0.3, 0.4) is 0 Å². The lowest BCUT2D eigenvalue weighted by molar-refractivity contribution is 0.569. The summed E-state index contributed by atoms with van der Waals surface area (Å²) in [5, 5.41) is 3.89. The van der Waals surface area contributed by atoms with E-state index in [0.29, 0.717) is 0 Å². The Bertz CT molecular complexity index is 230. The summed E-state index contributed by atoms with van der Waals surface area (Å²) >= 11 is 0. The van der Waals surface area contributed by atoms with E-state index in [2.05, 4.69) is 5.10 Å². The summed E-state index contributed by atoms with van der Waals surface area (Å²) in [6, 6.07) is 0. The average Bonchev–Trinajstić information content (AvgIpc) is 2.34. The Balaban J connectivity index is 2.88. The van der Waals surface area contributed by atoms with Crippen molar-refractivity contribution in [3.63, 3.8) is 0 Å². The molecule has 0 aliphatic carbocycles. The van der Waals surface area contributed by atoms with E-state index in [1.165, 1.54) is 6.20 Å². The van der Waals surface area contributed by atoms with Gasteiger partial charge in [-0.1, -0.05) is 13.3 Å². The lowest BCUT2D eigenvalue weighted by atomic mass is 10.2. The fraction of sp³-hybridized carbons (Fsp3) is 0.625. The van der Waals surface area contributed by atoms with Gasteiger partial charge in [-0.3, -0.25) is 4.68 Å². The monoisotopic (exact) mass is 156 g/mol. The third kappa shape index (κ3) is 1.59. The summed E-state index contributed by atoms with van der Waals surface area (Å²) in [4.78, 5) is 0. The van der Waals surface area contributed by atoms with Crippen LogP contribution in [0.5, 0.6) is 0 Å². The first-order valence-electron chi connectivity index (χ1n) is 3.99. The van der Waals surface area contributed by atoms with Gasteiger partial charge in [-0.05, 0) is 13.3 Å². The molecule has 62 valence electrons. The van der Waals surface area contributed by atoms with Crippen molar-refractivity contribution in [1.82, 2.24) is 9.78 Å². The number of aryl methyl sites for hydroxylation is 1. The Morgan fingerprint density at radius 3 is 2.82 bits per heavy atom. The van der Waals surface area contributed by atoms with Gasteiger partial charge in [0.25, 0.3) is 0 Å². The second-order valence-electron chi connectivity index (χ2n) is 2.50. The van der Waals surface area contributed by atoms with Gasteiger partial charge in [-0.15, -0.1) is 0 Å². The van der Waals surface area contributed by atoms with Gasteiger partial charge in [0, 0.05) is 6.54 Å². The van der Waals surface area contributed by atoms with Crippen LogP contribution in [0.1, 0.15) is 26.0 Å². The highest BCUT2D eigenvalue weighted by Crippen LogP contribution is 2.08. The molecule has 1 aromatic heterocycles. The number of hydrogen-bond acceptors (Lipinski definition) is 1. The highest BCUT2D eigenvalue weighted by molar-refractivity contribution is 5.03. The quantitative estimate of drug-likeness (QED) is 0.654. The Morgan fingerprint density at radius 2 is 2.27 bits per heavy atom. The van der Waals surface area contributed by atoms with Crippen molar-refractivity contribution in [2.24, 2.45) is 0 Å². The lowest BCUT2D eigenvalue weighted by Gasteiger charge is -2.01. The van der Waals surface area contributed by atoms with Crippen LogP contribution in [0.15, 0.2) is 6.20 Å². The van der Waals surface area contributed by atoms with Crippen molar-refractivity contribution < 1.29 is 4.39 Å². The molecule has 3 heteroatoms. The third-order valence-electron chi connectivity index (χ3n) is 1.68. The Kier molecular flexibility index (Phi) is 2.63. The first kappa shape index (κ1) is 8.24. The predicted molar refractivity (Wildman–Crippen MR) is 41.9 cm³/mol. The van der Waals surface area contributed by atoms with E-state index in [4.69, 9.17) is 0 Å². The zero-order valence-electron chi connectivity index (χ0n) is 6.97. The van der Waals surface area contributed by atoms with Gasteiger partial charge in [-0.25, -0.2) is 4.39 Å². The van der Waals surface area contributed by atoms with E-state index in [1.807, 2.05) is 13.8 Å². The molecule has 0 saturated heterocycles. The van der Waals surface area contributed by atoms with Crippen molar-refractivity contribution in [2.45, 2.75) is 33.2 Å². The molecular weight excluding hydrogens is 143 g/mol. The molecule has 1 aromatic rings. The van der Waals surface area contributed by atoms with E-state index < -0.39 is 0 Å². The van der Waals surface area contributed by atoms with Crippen molar-refractivity contribution in [2.75, 3.05) is 0 Å². The van der Waals surface area contributed by atoms with E-state index in [9.17, 15) is 4.39 Å². The molecule has 0 bridgehead atoms. The molecule has 0 unspecified atom stereocenters. The zero-order chi connectivity index (χ0) is 8.27. The third-order valence-corrected chi connectivity index (χ3v) is 1.68. The van der Waals surface area contributed by atoms with Crippen LogP contribution in [0, 0.1) is 5.82 Å². The molecule has 0 radical (unpaired) electrons. The van der Waals surface area contributed by atoms with E-state index >= 15 is 0 Å². The van der Waals surface area contributed by atoms with Gasteiger partial charge in [0.1, 0.15) is 0 Å². The minimum Gasteiger partial charge on any atom is -0.267 e. The summed E-state index contributed by atoms with van der Waals surface area (Å²) < 4.78 is 14.6. The second kappa shape index (κ2) is 3.51. The van der Waals surface area contributed by atoms with Gasteiger partial charge in [-0.2, -0.15) is 5.10 Å². The van der Waals surface area contributed by atoms with E-state index in [-0.39, 0.29) is 5.82 Å². The van der Waals surface area contributed by atoms with E-state index in [0.717, 1.165) is 25.1 Å². The highest BCUT2D eigenvalue weighted by Gasteiger charge is 2.06. The molecule has 11 heavy (non-hydrogen) atoms. The zero-order valence-corrected chi connectivity index (χ0v) is 6.97. The first-order chi connectivity index (χ1) is 5.29. The molecule has 0 N–H and O–H groups in total. The van der Waals surface area contributed by atoms with Crippen LogP contribution in [-0.4, -0.2) is 9.78 Å². The summed E-state index contributed by atoms with van der Waals surface area (Å²) in [6.45, 7) is 4.75. The fourth-order valence-electron chi connectivity index (χ4n) is 1.15. The SMILES string of the molecule is CCCc1c(F)cnn1CC. The van der Waals surface area contributed by atoms with Crippen molar-refractivity contribution in [3.8, 4) is 0 Å². The highest BCUT2D eigenvalue weighted by atomic mass is 19.1. The maximum atomic E-state index is 12.9. The van der Waals surface area contributed by atoms with Crippen molar-refractivity contribution >= 4 is 0 Å². The van der Waals surface area contributed by atoms with Gasteiger partial charge < -0.3 is 0 Å². The normalized spacial score (nSPS) is 10.5. The molecule has 0 aliphatic heterocycles. The van der Waals surface area contributed by atoms with Crippen molar-refractivity contribution in [3.05, 3.63) is 17.7 Å². The number of hydrogen-bond donors (Lipinski definition) is 0. The van der Waals surface area contributed by atoms with Crippen LogP contribution < -0.4 is 0 Å².